The number of carbonyl (C=O) groups is 1. The number of phenols is 1. The van der Waals surface area contributed by atoms with Gasteiger partial charge in [-0.1, -0.05) is 20.8 Å². The van der Waals surface area contributed by atoms with Crippen molar-refractivity contribution in [2.75, 3.05) is 0 Å². The lowest BCUT2D eigenvalue weighted by molar-refractivity contribution is 0.0699. The number of aromatic nitrogens is 1. The van der Waals surface area contributed by atoms with E-state index in [2.05, 4.69) is 4.98 Å². The van der Waals surface area contributed by atoms with E-state index in [-0.39, 0.29) is 16.0 Å². The Morgan fingerprint density at radius 3 is 2.21 bits per heavy atom. The Labute approximate surface area is 115 Å². The Hall–Kier alpha value is -1.88. The monoisotopic (exact) mass is 277 g/mol. The highest BCUT2D eigenvalue weighted by Crippen LogP contribution is 2.34. The van der Waals surface area contributed by atoms with Crippen molar-refractivity contribution in [3.63, 3.8) is 0 Å². The van der Waals surface area contributed by atoms with Gasteiger partial charge in [0.25, 0.3) is 0 Å². The van der Waals surface area contributed by atoms with Crippen LogP contribution in [0, 0.1) is 0 Å². The fourth-order valence-electron chi connectivity index (χ4n) is 1.70. The maximum Gasteiger partial charge on any atom is 0.347 e. The number of phenolic OH excluding ortho intramolecular Hbond substituents is 1. The molecule has 5 heteroatoms. The summed E-state index contributed by atoms with van der Waals surface area (Å²) in [7, 11) is 0. The van der Waals surface area contributed by atoms with E-state index in [1.165, 1.54) is 0 Å². The normalized spacial score (nSPS) is 11.5. The molecule has 1 aromatic heterocycles. The summed E-state index contributed by atoms with van der Waals surface area (Å²) in [6, 6.07) is 6.58. The van der Waals surface area contributed by atoms with Crippen LogP contribution in [0.5, 0.6) is 5.75 Å². The molecule has 100 valence electrons. The number of aromatic hydroxyl groups is 1. The molecule has 1 heterocycles. The fraction of sp³-hybridized carbons (Fsp3) is 0.286. The lowest BCUT2D eigenvalue weighted by atomic mass is 9.91. The molecule has 0 bridgehead atoms. The SMILES string of the molecule is CC(C)(C)c1nc(-c2ccc(O)cc2)sc1C(=O)O. The van der Waals surface area contributed by atoms with E-state index in [4.69, 9.17) is 0 Å². The number of thiazole rings is 1. The smallest absolute Gasteiger partial charge is 0.347 e. The second-order valence-corrected chi connectivity index (χ2v) is 6.30. The molecule has 19 heavy (non-hydrogen) atoms. The first-order valence-electron chi connectivity index (χ1n) is 5.83. The van der Waals surface area contributed by atoms with Crippen LogP contribution in [0.4, 0.5) is 0 Å². The molecule has 0 fully saturated rings. The van der Waals surface area contributed by atoms with E-state index < -0.39 is 5.97 Å². The first-order chi connectivity index (χ1) is 8.79. The van der Waals surface area contributed by atoms with E-state index in [1.54, 1.807) is 24.3 Å². The molecule has 2 aromatic rings. The zero-order chi connectivity index (χ0) is 14.2. The van der Waals surface area contributed by atoms with E-state index in [0.717, 1.165) is 16.9 Å². The minimum absolute atomic E-state index is 0.176. The molecule has 0 aliphatic rings. The van der Waals surface area contributed by atoms with Gasteiger partial charge in [-0.25, -0.2) is 9.78 Å². The van der Waals surface area contributed by atoms with Crippen LogP contribution in [0.3, 0.4) is 0 Å². The Bertz CT molecular complexity index is 609. The largest absolute Gasteiger partial charge is 0.508 e. The summed E-state index contributed by atoms with van der Waals surface area (Å²) >= 11 is 1.16. The molecule has 2 rings (SSSR count). The minimum atomic E-state index is -0.951. The zero-order valence-electron chi connectivity index (χ0n) is 11.0. The lowest BCUT2D eigenvalue weighted by Gasteiger charge is -2.15. The summed E-state index contributed by atoms with van der Waals surface area (Å²) in [5.41, 5.74) is 1.08. The minimum Gasteiger partial charge on any atom is -0.508 e. The summed E-state index contributed by atoms with van der Waals surface area (Å²) < 4.78 is 0. The highest BCUT2D eigenvalue weighted by molar-refractivity contribution is 7.17. The van der Waals surface area contributed by atoms with Gasteiger partial charge in [0.15, 0.2) is 0 Å². The number of aromatic carboxylic acids is 1. The molecule has 0 saturated heterocycles. The van der Waals surface area contributed by atoms with Gasteiger partial charge in [-0.15, -0.1) is 11.3 Å². The molecule has 2 N–H and O–H groups in total. The molecular weight excluding hydrogens is 262 g/mol. The number of hydrogen-bond donors (Lipinski definition) is 2. The number of nitrogens with zero attached hydrogens (tertiary/aromatic N) is 1. The first kappa shape index (κ1) is 13.5. The quantitative estimate of drug-likeness (QED) is 0.881. The topological polar surface area (TPSA) is 70.4 Å². The van der Waals surface area contributed by atoms with Crippen LogP contribution >= 0.6 is 11.3 Å². The van der Waals surface area contributed by atoms with Gasteiger partial charge >= 0.3 is 5.97 Å². The van der Waals surface area contributed by atoms with Crippen molar-refractivity contribution in [2.45, 2.75) is 26.2 Å². The number of carboxylic acid groups (broad SMARTS) is 1. The highest BCUT2D eigenvalue weighted by Gasteiger charge is 2.27. The average Bonchev–Trinajstić information content (AvgIpc) is 2.74. The van der Waals surface area contributed by atoms with E-state index in [1.807, 2.05) is 20.8 Å². The van der Waals surface area contributed by atoms with Gasteiger partial charge in [0.2, 0.25) is 0 Å². The zero-order valence-corrected chi connectivity index (χ0v) is 11.8. The summed E-state index contributed by atoms with van der Waals surface area (Å²) in [5.74, 6) is -0.776. The number of hydrogen-bond acceptors (Lipinski definition) is 4. The molecule has 1 aromatic carbocycles. The fourth-order valence-corrected chi connectivity index (χ4v) is 2.82. The van der Waals surface area contributed by atoms with Crippen molar-refractivity contribution in [3.8, 4) is 16.3 Å². The molecule has 0 radical (unpaired) electrons. The molecule has 0 aliphatic carbocycles. The third-order valence-corrected chi connectivity index (χ3v) is 3.74. The Kier molecular flexibility index (Phi) is 3.32. The van der Waals surface area contributed by atoms with Crippen LogP contribution in [0.1, 0.15) is 36.1 Å². The number of carboxylic acids is 1. The van der Waals surface area contributed by atoms with Crippen LogP contribution < -0.4 is 0 Å². The molecule has 0 spiro atoms. The van der Waals surface area contributed by atoms with E-state index in [9.17, 15) is 15.0 Å². The standard InChI is InChI=1S/C14H15NO3S/c1-14(2,3)11-10(13(17)18)19-12(15-11)8-4-6-9(16)7-5-8/h4-7,16H,1-3H3,(H,17,18). The molecule has 4 nitrogen and oxygen atoms in total. The van der Waals surface area contributed by atoms with E-state index in [0.29, 0.717) is 10.7 Å². The predicted octanol–water partition coefficient (Wildman–Crippen LogP) is 3.51. The maximum atomic E-state index is 11.3. The third kappa shape index (κ3) is 2.76. The van der Waals surface area contributed by atoms with Gasteiger partial charge in [0, 0.05) is 11.0 Å². The van der Waals surface area contributed by atoms with Gasteiger partial charge in [0.05, 0.1) is 5.69 Å². The Balaban J connectivity index is 2.55. The number of rotatable bonds is 2. The van der Waals surface area contributed by atoms with Crippen LogP contribution in [-0.4, -0.2) is 21.2 Å². The van der Waals surface area contributed by atoms with Gasteiger partial charge in [-0.2, -0.15) is 0 Å². The van der Waals surface area contributed by atoms with Crippen LogP contribution in [0.2, 0.25) is 0 Å². The first-order valence-corrected chi connectivity index (χ1v) is 6.64. The molecule has 0 amide bonds. The Morgan fingerprint density at radius 2 is 1.79 bits per heavy atom. The van der Waals surface area contributed by atoms with Crippen LogP contribution in [0.15, 0.2) is 24.3 Å². The second-order valence-electron chi connectivity index (χ2n) is 5.30. The van der Waals surface area contributed by atoms with Crippen molar-refractivity contribution >= 4 is 17.3 Å². The average molecular weight is 277 g/mol. The van der Waals surface area contributed by atoms with Crippen molar-refractivity contribution in [2.24, 2.45) is 0 Å². The molecule has 0 aliphatic heterocycles. The summed E-state index contributed by atoms with van der Waals surface area (Å²) in [5, 5.41) is 19.2. The maximum absolute atomic E-state index is 11.3. The summed E-state index contributed by atoms with van der Waals surface area (Å²) in [4.78, 5) is 16.0. The van der Waals surface area contributed by atoms with Crippen LogP contribution in [0.25, 0.3) is 10.6 Å². The summed E-state index contributed by atoms with van der Waals surface area (Å²) in [6.45, 7) is 5.82. The highest BCUT2D eigenvalue weighted by atomic mass is 32.1. The Morgan fingerprint density at radius 1 is 1.21 bits per heavy atom. The lowest BCUT2D eigenvalue weighted by Crippen LogP contribution is -2.16. The van der Waals surface area contributed by atoms with E-state index >= 15 is 0 Å². The van der Waals surface area contributed by atoms with Crippen molar-refractivity contribution in [1.82, 2.24) is 4.98 Å². The second kappa shape index (κ2) is 4.66. The van der Waals surface area contributed by atoms with Crippen molar-refractivity contribution in [1.29, 1.82) is 0 Å². The van der Waals surface area contributed by atoms with Gasteiger partial charge < -0.3 is 10.2 Å². The number of benzene rings is 1. The van der Waals surface area contributed by atoms with Crippen LogP contribution in [-0.2, 0) is 5.41 Å². The third-order valence-electron chi connectivity index (χ3n) is 2.65. The van der Waals surface area contributed by atoms with Gasteiger partial charge in [-0.05, 0) is 24.3 Å². The molecule has 0 saturated carbocycles. The van der Waals surface area contributed by atoms with Crippen molar-refractivity contribution < 1.29 is 15.0 Å². The molecular formula is C14H15NO3S. The predicted molar refractivity (Wildman–Crippen MR) is 74.9 cm³/mol. The van der Waals surface area contributed by atoms with Crippen molar-refractivity contribution in [3.05, 3.63) is 34.8 Å². The summed E-state index contributed by atoms with van der Waals surface area (Å²) in [6.07, 6.45) is 0. The van der Waals surface area contributed by atoms with Gasteiger partial charge in [-0.3, -0.25) is 0 Å². The molecule has 0 atom stereocenters. The van der Waals surface area contributed by atoms with Gasteiger partial charge in [0.1, 0.15) is 15.6 Å². The molecule has 0 unspecified atom stereocenters.